The van der Waals surface area contributed by atoms with Gasteiger partial charge in [0.05, 0.1) is 6.10 Å². The monoisotopic (exact) mass is 251 g/mol. The van der Waals surface area contributed by atoms with E-state index in [1.165, 1.54) is 0 Å². The maximum Gasteiger partial charge on any atom is 0.257 e. The molecule has 0 radical (unpaired) electrons. The fourth-order valence-corrected chi connectivity index (χ4v) is 1.48. The van der Waals surface area contributed by atoms with E-state index >= 15 is 0 Å². The van der Waals surface area contributed by atoms with Crippen LogP contribution in [0.2, 0.25) is 0 Å². The van der Waals surface area contributed by atoms with E-state index in [9.17, 15) is 4.79 Å². The molecule has 0 bridgehead atoms. The highest BCUT2D eigenvalue weighted by atomic mass is 16.5. The largest absolute Gasteiger partial charge is 0.483 e. The third kappa shape index (κ3) is 5.19. The number of aliphatic hydroxyl groups is 1. The van der Waals surface area contributed by atoms with Crippen LogP contribution in [0.4, 0.5) is 0 Å². The quantitative estimate of drug-likeness (QED) is 0.807. The first-order valence-electron chi connectivity index (χ1n) is 6.14. The van der Waals surface area contributed by atoms with Gasteiger partial charge in [-0.3, -0.25) is 4.79 Å². The summed E-state index contributed by atoms with van der Waals surface area (Å²) in [4.78, 5) is 11.5. The lowest BCUT2D eigenvalue weighted by Gasteiger charge is -2.10. The lowest BCUT2D eigenvalue weighted by molar-refractivity contribution is -0.123. The molecule has 0 aromatic heterocycles. The summed E-state index contributed by atoms with van der Waals surface area (Å²) in [6.07, 6.45) is 0.153. The summed E-state index contributed by atoms with van der Waals surface area (Å²) >= 11 is 0. The van der Waals surface area contributed by atoms with Crippen molar-refractivity contribution >= 4 is 5.91 Å². The maximum atomic E-state index is 11.5. The predicted octanol–water partition coefficient (Wildman–Crippen LogP) is 1.57. The number of carbonyl (C=O) groups is 1. The van der Waals surface area contributed by atoms with Crippen LogP contribution in [0.3, 0.4) is 0 Å². The number of ether oxygens (including phenoxy) is 1. The molecular weight excluding hydrogens is 230 g/mol. The summed E-state index contributed by atoms with van der Waals surface area (Å²) in [5.41, 5.74) is 2.11. The molecule has 1 aromatic carbocycles. The highest BCUT2D eigenvalue weighted by Gasteiger charge is 2.05. The topological polar surface area (TPSA) is 58.6 Å². The molecule has 0 saturated carbocycles. The van der Waals surface area contributed by atoms with E-state index in [2.05, 4.69) is 5.32 Å². The van der Waals surface area contributed by atoms with Gasteiger partial charge in [0.15, 0.2) is 6.61 Å². The zero-order valence-electron chi connectivity index (χ0n) is 11.2. The normalized spacial score (nSPS) is 12.0. The Labute approximate surface area is 108 Å². The second-order valence-electron chi connectivity index (χ2n) is 4.55. The molecule has 0 aliphatic carbocycles. The maximum absolute atomic E-state index is 11.5. The molecule has 4 nitrogen and oxygen atoms in total. The first-order valence-corrected chi connectivity index (χ1v) is 6.14. The summed E-state index contributed by atoms with van der Waals surface area (Å²) in [6.45, 7) is 6.09. The van der Waals surface area contributed by atoms with Crippen molar-refractivity contribution in [1.29, 1.82) is 0 Å². The molecular formula is C14H21NO3. The minimum atomic E-state index is -0.398. The van der Waals surface area contributed by atoms with Crippen LogP contribution in [0.25, 0.3) is 0 Å². The highest BCUT2D eigenvalue weighted by Crippen LogP contribution is 2.18. The van der Waals surface area contributed by atoms with Gasteiger partial charge in [-0.05, 0) is 44.4 Å². The zero-order valence-corrected chi connectivity index (χ0v) is 11.2. The van der Waals surface area contributed by atoms with Crippen molar-refractivity contribution in [2.24, 2.45) is 0 Å². The Morgan fingerprint density at radius 2 is 2.17 bits per heavy atom. The number of hydrogen-bond donors (Lipinski definition) is 2. The van der Waals surface area contributed by atoms with Crippen LogP contribution in [0.15, 0.2) is 18.2 Å². The van der Waals surface area contributed by atoms with E-state index < -0.39 is 6.10 Å². The number of amides is 1. The van der Waals surface area contributed by atoms with Crippen molar-refractivity contribution in [2.75, 3.05) is 13.2 Å². The number of hydrogen-bond acceptors (Lipinski definition) is 3. The van der Waals surface area contributed by atoms with Gasteiger partial charge in [-0.25, -0.2) is 0 Å². The summed E-state index contributed by atoms with van der Waals surface area (Å²) in [5, 5.41) is 11.8. The molecule has 1 aromatic rings. The van der Waals surface area contributed by atoms with Crippen molar-refractivity contribution in [1.82, 2.24) is 5.32 Å². The van der Waals surface area contributed by atoms with Gasteiger partial charge in [-0.1, -0.05) is 12.1 Å². The fourth-order valence-electron chi connectivity index (χ4n) is 1.48. The molecule has 1 rings (SSSR count). The van der Waals surface area contributed by atoms with Gasteiger partial charge in [0.1, 0.15) is 5.75 Å². The minimum Gasteiger partial charge on any atom is -0.483 e. The molecule has 0 spiro atoms. The van der Waals surface area contributed by atoms with E-state index in [1.54, 1.807) is 6.92 Å². The van der Waals surface area contributed by atoms with E-state index in [4.69, 9.17) is 9.84 Å². The highest BCUT2D eigenvalue weighted by molar-refractivity contribution is 5.77. The number of benzene rings is 1. The lowest BCUT2D eigenvalue weighted by atomic mass is 10.1. The molecule has 0 fully saturated rings. The van der Waals surface area contributed by atoms with Crippen LogP contribution >= 0.6 is 0 Å². The van der Waals surface area contributed by atoms with Gasteiger partial charge in [-0.15, -0.1) is 0 Å². The van der Waals surface area contributed by atoms with E-state index in [0.29, 0.717) is 13.0 Å². The van der Waals surface area contributed by atoms with Crippen LogP contribution in [0, 0.1) is 13.8 Å². The molecule has 0 heterocycles. The molecule has 2 N–H and O–H groups in total. The fraction of sp³-hybridized carbons (Fsp3) is 0.500. The Morgan fingerprint density at radius 3 is 2.83 bits per heavy atom. The third-order valence-electron chi connectivity index (χ3n) is 2.59. The van der Waals surface area contributed by atoms with Crippen molar-refractivity contribution in [3.8, 4) is 5.75 Å². The molecule has 0 aliphatic rings. The number of rotatable bonds is 6. The molecule has 18 heavy (non-hydrogen) atoms. The van der Waals surface area contributed by atoms with Gasteiger partial charge in [-0.2, -0.15) is 0 Å². The van der Waals surface area contributed by atoms with Crippen molar-refractivity contribution in [3.05, 3.63) is 29.3 Å². The second kappa shape index (κ2) is 7.01. The predicted molar refractivity (Wildman–Crippen MR) is 70.7 cm³/mol. The van der Waals surface area contributed by atoms with Crippen LogP contribution in [0.5, 0.6) is 5.75 Å². The summed E-state index contributed by atoms with van der Waals surface area (Å²) < 4.78 is 5.46. The Bertz CT molecular complexity index is 402. The third-order valence-corrected chi connectivity index (χ3v) is 2.59. The first-order chi connectivity index (χ1) is 8.49. The Morgan fingerprint density at radius 1 is 1.44 bits per heavy atom. The molecule has 0 saturated heterocycles. The summed E-state index contributed by atoms with van der Waals surface area (Å²) in [5.74, 6) is 0.567. The van der Waals surface area contributed by atoms with E-state index in [1.807, 2.05) is 32.0 Å². The van der Waals surface area contributed by atoms with Gasteiger partial charge >= 0.3 is 0 Å². The molecule has 1 amide bonds. The van der Waals surface area contributed by atoms with Crippen LogP contribution in [-0.2, 0) is 4.79 Å². The number of aryl methyl sites for hydroxylation is 2. The SMILES string of the molecule is Cc1ccc(C)c(OCC(=O)NCCC(C)O)c1. The van der Waals surface area contributed by atoms with Crippen molar-refractivity contribution in [3.63, 3.8) is 0 Å². The zero-order chi connectivity index (χ0) is 13.5. The molecule has 1 atom stereocenters. The lowest BCUT2D eigenvalue weighted by Crippen LogP contribution is -2.31. The molecule has 0 aliphatic heterocycles. The van der Waals surface area contributed by atoms with E-state index in [-0.39, 0.29) is 12.5 Å². The van der Waals surface area contributed by atoms with Gasteiger partial charge in [0.2, 0.25) is 0 Å². The smallest absolute Gasteiger partial charge is 0.257 e. The number of aliphatic hydroxyl groups excluding tert-OH is 1. The van der Waals surface area contributed by atoms with E-state index in [0.717, 1.165) is 16.9 Å². The Balaban J connectivity index is 2.36. The Hall–Kier alpha value is -1.55. The van der Waals surface area contributed by atoms with Crippen molar-refractivity contribution < 1.29 is 14.6 Å². The summed E-state index contributed by atoms with van der Waals surface area (Å²) in [6, 6.07) is 5.89. The van der Waals surface area contributed by atoms with Gasteiger partial charge in [0, 0.05) is 6.54 Å². The van der Waals surface area contributed by atoms with Crippen molar-refractivity contribution in [2.45, 2.75) is 33.3 Å². The average Bonchev–Trinajstić information content (AvgIpc) is 2.30. The first kappa shape index (κ1) is 14.5. The standard InChI is InChI=1S/C14H21NO3/c1-10-4-5-11(2)13(8-10)18-9-14(17)15-7-6-12(3)16/h4-5,8,12,16H,6-7,9H2,1-3H3,(H,15,17). The minimum absolute atomic E-state index is 0.00407. The molecule has 4 heteroatoms. The average molecular weight is 251 g/mol. The van der Waals surface area contributed by atoms with Crippen LogP contribution in [-0.4, -0.2) is 30.3 Å². The number of carbonyl (C=O) groups excluding carboxylic acids is 1. The second-order valence-corrected chi connectivity index (χ2v) is 4.55. The van der Waals surface area contributed by atoms with Gasteiger partial charge in [0.25, 0.3) is 5.91 Å². The Kier molecular flexibility index (Phi) is 5.65. The van der Waals surface area contributed by atoms with Gasteiger partial charge < -0.3 is 15.2 Å². The van der Waals surface area contributed by atoms with Crippen LogP contribution in [0.1, 0.15) is 24.5 Å². The molecule has 100 valence electrons. The number of nitrogens with one attached hydrogen (secondary N) is 1. The summed E-state index contributed by atoms with van der Waals surface area (Å²) in [7, 11) is 0. The van der Waals surface area contributed by atoms with Crippen LogP contribution < -0.4 is 10.1 Å². The molecule has 1 unspecified atom stereocenters.